The third-order valence-corrected chi connectivity index (χ3v) is 7.04. The molecule has 0 radical (unpaired) electrons. The van der Waals surface area contributed by atoms with Gasteiger partial charge in [-0.05, 0) is 43.9 Å². The van der Waals surface area contributed by atoms with E-state index in [-0.39, 0.29) is 5.60 Å². The summed E-state index contributed by atoms with van der Waals surface area (Å²) in [5.74, 6) is 2.03. The van der Waals surface area contributed by atoms with Gasteiger partial charge in [-0.1, -0.05) is 39.5 Å². The molecule has 7 heteroatoms. The maximum Gasteiger partial charge on any atom is 0.189 e. The van der Waals surface area contributed by atoms with Crippen molar-refractivity contribution in [3.8, 4) is 0 Å². The van der Waals surface area contributed by atoms with Crippen molar-refractivity contribution < 1.29 is 4.74 Å². The van der Waals surface area contributed by atoms with Crippen LogP contribution in [0.5, 0.6) is 0 Å². The zero-order valence-electron chi connectivity index (χ0n) is 19.0. The lowest BCUT2D eigenvalue weighted by molar-refractivity contribution is -0.0402. The normalized spacial score (nSPS) is 16.0. The quantitative estimate of drug-likeness (QED) is 0.367. The van der Waals surface area contributed by atoms with Crippen molar-refractivity contribution in [2.75, 3.05) is 18.1 Å². The molecule has 0 aliphatic carbocycles. The average molecular weight is 445 g/mol. The number of thioether (sulfide) groups is 1. The standard InChI is InChI=1S/C23H32N4OS2/c1-12(2)8-16-15-11-28-23(5,6)9-14(15)17-18-19(30-21(17)25-16)20(24-10-13(3)4)27-22(26-18)29-7/h12-13H,8-11H2,1-7H3,(H,24,26,27). The van der Waals surface area contributed by atoms with Crippen molar-refractivity contribution in [3.05, 3.63) is 16.8 Å². The van der Waals surface area contributed by atoms with Crippen LogP contribution in [0, 0.1) is 11.8 Å². The summed E-state index contributed by atoms with van der Waals surface area (Å²) in [6, 6.07) is 0. The highest BCUT2D eigenvalue weighted by Crippen LogP contribution is 2.43. The summed E-state index contributed by atoms with van der Waals surface area (Å²) < 4.78 is 7.31. The molecule has 0 spiro atoms. The Morgan fingerprint density at radius 2 is 1.87 bits per heavy atom. The van der Waals surface area contributed by atoms with Crippen molar-refractivity contribution in [2.45, 2.75) is 71.7 Å². The molecule has 3 aromatic rings. The number of hydrogen-bond donors (Lipinski definition) is 1. The number of pyridine rings is 1. The minimum Gasteiger partial charge on any atom is -0.370 e. The number of fused-ring (bicyclic) bond motifs is 5. The van der Waals surface area contributed by atoms with E-state index in [0.29, 0.717) is 18.4 Å². The summed E-state index contributed by atoms with van der Waals surface area (Å²) in [4.78, 5) is 16.0. The number of nitrogens with one attached hydrogen (secondary N) is 1. The lowest BCUT2D eigenvalue weighted by atomic mass is 9.88. The first-order valence-corrected chi connectivity index (χ1v) is 12.8. The van der Waals surface area contributed by atoms with Crippen LogP contribution >= 0.6 is 23.1 Å². The molecular weight excluding hydrogens is 412 g/mol. The summed E-state index contributed by atoms with van der Waals surface area (Å²) in [6.45, 7) is 14.8. The molecule has 0 bridgehead atoms. The fourth-order valence-corrected chi connectivity index (χ4v) is 5.48. The fraction of sp³-hybridized carbons (Fsp3) is 0.609. The van der Waals surface area contributed by atoms with Gasteiger partial charge in [0.15, 0.2) is 5.16 Å². The Morgan fingerprint density at radius 3 is 2.53 bits per heavy atom. The third-order valence-electron chi connectivity index (χ3n) is 5.42. The number of rotatable bonds is 6. The van der Waals surface area contributed by atoms with Crippen LogP contribution in [0.15, 0.2) is 5.16 Å². The summed E-state index contributed by atoms with van der Waals surface area (Å²) in [5.41, 5.74) is 4.69. The highest BCUT2D eigenvalue weighted by atomic mass is 32.2. The Labute approximate surface area is 187 Å². The van der Waals surface area contributed by atoms with E-state index < -0.39 is 0 Å². The summed E-state index contributed by atoms with van der Waals surface area (Å²) in [7, 11) is 0. The molecule has 0 atom stereocenters. The molecule has 0 saturated heterocycles. The molecule has 1 aliphatic heterocycles. The Bertz CT molecular complexity index is 1090. The topological polar surface area (TPSA) is 59.9 Å². The largest absolute Gasteiger partial charge is 0.370 e. The van der Waals surface area contributed by atoms with Gasteiger partial charge in [0.1, 0.15) is 10.6 Å². The van der Waals surface area contributed by atoms with E-state index in [0.717, 1.165) is 45.4 Å². The van der Waals surface area contributed by atoms with Gasteiger partial charge in [0, 0.05) is 29.6 Å². The monoisotopic (exact) mass is 444 g/mol. The predicted molar refractivity (Wildman–Crippen MR) is 129 cm³/mol. The molecule has 0 aromatic carbocycles. The van der Waals surface area contributed by atoms with Crippen LogP contribution in [-0.4, -0.2) is 33.4 Å². The van der Waals surface area contributed by atoms with Gasteiger partial charge in [0.25, 0.3) is 0 Å². The van der Waals surface area contributed by atoms with E-state index in [1.807, 2.05) is 6.26 Å². The Balaban J connectivity index is 2.01. The second kappa shape index (κ2) is 8.24. The molecule has 1 aliphatic rings. The molecule has 0 saturated carbocycles. The minimum absolute atomic E-state index is 0.182. The van der Waals surface area contributed by atoms with Crippen LogP contribution in [0.3, 0.4) is 0 Å². The zero-order valence-corrected chi connectivity index (χ0v) is 20.7. The van der Waals surface area contributed by atoms with Crippen molar-refractivity contribution >= 4 is 49.3 Å². The van der Waals surface area contributed by atoms with Crippen LogP contribution in [-0.2, 0) is 24.2 Å². The second-order valence-electron chi connectivity index (χ2n) is 9.63. The number of aromatic nitrogens is 3. The number of nitrogens with zero attached hydrogens (tertiary/aromatic N) is 3. The van der Waals surface area contributed by atoms with Crippen molar-refractivity contribution in [3.63, 3.8) is 0 Å². The molecule has 4 rings (SSSR count). The number of hydrogen-bond acceptors (Lipinski definition) is 7. The number of ether oxygens (including phenoxy) is 1. The van der Waals surface area contributed by atoms with Gasteiger partial charge < -0.3 is 10.1 Å². The molecule has 162 valence electrons. The van der Waals surface area contributed by atoms with Gasteiger partial charge in [-0.25, -0.2) is 15.0 Å². The molecule has 5 nitrogen and oxygen atoms in total. The first-order chi connectivity index (χ1) is 14.2. The lowest BCUT2D eigenvalue weighted by Crippen LogP contribution is -2.33. The van der Waals surface area contributed by atoms with E-state index in [4.69, 9.17) is 19.7 Å². The molecule has 0 amide bonds. The SMILES string of the molecule is CSc1nc(NCC(C)C)c2sc3nc(CC(C)C)c4c(c3c2n1)CC(C)(C)OC4. The molecule has 0 unspecified atom stereocenters. The van der Waals surface area contributed by atoms with Crippen LogP contribution in [0.2, 0.25) is 0 Å². The average Bonchev–Trinajstić information content (AvgIpc) is 3.03. The van der Waals surface area contributed by atoms with E-state index in [2.05, 4.69) is 46.9 Å². The Hall–Kier alpha value is -1.44. The van der Waals surface area contributed by atoms with Gasteiger partial charge in [0.2, 0.25) is 0 Å². The van der Waals surface area contributed by atoms with Gasteiger partial charge in [-0.2, -0.15) is 0 Å². The molecule has 30 heavy (non-hydrogen) atoms. The highest BCUT2D eigenvalue weighted by molar-refractivity contribution is 7.98. The summed E-state index contributed by atoms with van der Waals surface area (Å²) >= 11 is 3.31. The van der Waals surface area contributed by atoms with Crippen molar-refractivity contribution in [2.24, 2.45) is 11.8 Å². The van der Waals surface area contributed by atoms with E-state index in [9.17, 15) is 0 Å². The number of thiophene rings is 1. The van der Waals surface area contributed by atoms with Gasteiger partial charge in [0.05, 0.1) is 22.4 Å². The highest BCUT2D eigenvalue weighted by Gasteiger charge is 2.32. The first-order valence-electron chi connectivity index (χ1n) is 10.7. The summed E-state index contributed by atoms with van der Waals surface area (Å²) in [6.07, 6.45) is 3.88. The van der Waals surface area contributed by atoms with Crippen LogP contribution in [0.25, 0.3) is 20.4 Å². The van der Waals surface area contributed by atoms with Gasteiger partial charge in [-0.15, -0.1) is 11.3 Å². The van der Waals surface area contributed by atoms with Crippen LogP contribution < -0.4 is 5.32 Å². The van der Waals surface area contributed by atoms with Crippen molar-refractivity contribution in [1.82, 2.24) is 15.0 Å². The predicted octanol–water partition coefficient (Wildman–Crippen LogP) is 6.08. The molecule has 0 fully saturated rings. The number of anilines is 1. The molecular formula is C23H32N4OS2. The van der Waals surface area contributed by atoms with Crippen LogP contribution in [0.1, 0.15) is 58.4 Å². The fourth-order valence-electron chi connectivity index (χ4n) is 3.99. The van der Waals surface area contributed by atoms with E-state index in [1.165, 1.54) is 22.2 Å². The van der Waals surface area contributed by atoms with Gasteiger partial charge >= 0.3 is 0 Å². The maximum atomic E-state index is 6.20. The smallest absolute Gasteiger partial charge is 0.189 e. The molecule has 1 N–H and O–H groups in total. The Kier molecular flexibility index (Phi) is 5.99. The Morgan fingerprint density at radius 1 is 1.10 bits per heavy atom. The lowest BCUT2D eigenvalue weighted by Gasteiger charge is -2.33. The minimum atomic E-state index is -0.182. The van der Waals surface area contributed by atoms with E-state index in [1.54, 1.807) is 23.1 Å². The van der Waals surface area contributed by atoms with E-state index >= 15 is 0 Å². The second-order valence-corrected chi connectivity index (χ2v) is 11.4. The molecule has 3 aromatic heterocycles. The van der Waals surface area contributed by atoms with Crippen LogP contribution in [0.4, 0.5) is 5.82 Å². The van der Waals surface area contributed by atoms with Gasteiger partial charge in [-0.3, -0.25) is 0 Å². The third kappa shape index (κ3) is 4.16. The van der Waals surface area contributed by atoms with Crippen molar-refractivity contribution in [1.29, 1.82) is 0 Å². The molecule has 4 heterocycles. The zero-order chi connectivity index (χ0) is 21.6. The summed E-state index contributed by atoms with van der Waals surface area (Å²) in [5, 5.41) is 5.57. The first kappa shape index (κ1) is 21.8. The maximum absolute atomic E-state index is 6.20.